The zero-order valence-corrected chi connectivity index (χ0v) is 17.2. The van der Waals surface area contributed by atoms with Gasteiger partial charge in [-0.25, -0.2) is 4.98 Å². The van der Waals surface area contributed by atoms with Crippen LogP contribution in [0.1, 0.15) is 83.9 Å². The molecule has 27 heavy (non-hydrogen) atoms. The van der Waals surface area contributed by atoms with Crippen LogP contribution in [0.4, 0.5) is 0 Å². The van der Waals surface area contributed by atoms with Crippen molar-refractivity contribution < 1.29 is 4.79 Å². The van der Waals surface area contributed by atoms with Crippen LogP contribution in [0.2, 0.25) is 0 Å². The topological polar surface area (TPSA) is 45.8 Å². The third kappa shape index (κ3) is 2.67. The van der Waals surface area contributed by atoms with Crippen LogP contribution in [0, 0.1) is 40.4 Å². The lowest BCUT2D eigenvalue weighted by Gasteiger charge is -2.60. The predicted octanol–water partition coefficient (Wildman–Crippen LogP) is 5.57. The number of H-pyrrole nitrogens is 1. The van der Waals surface area contributed by atoms with E-state index in [4.69, 9.17) is 0 Å². The fourth-order valence-electron chi connectivity index (χ4n) is 8.51. The van der Waals surface area contributed by atoms with Crippen molar-refractivity contribution in [3.8, 4) is 0 Å². The number of imidazole rings is 1. The second-order valence-corrected chi connectivity index (χ2v) is 10.8. The van der Waals surface area contributed by atoms with Gasteiger partial charge in [-0.05, 0) is 85.9 Å². The van der Waals surface area contributed by atoms with E-state index in [1.54, 1.807) is 6.20 Å². The van der Waals surface area contributed by atoms with Crippen molar-refractivity contribution in [2.75, 3.05) is 0 Å². The predicted molar refractivity (Wildman–Crippen MR) is 107 cm³/mol. The number of aromatic amines is 1. The maximum absolute atomic E-state index is 13.2. The van der Waals surface area contributed by atoms with E-state index in [9.17, 15) is 4.79 Å². The Morgan fingerprint density at radius 3 is 2.70 bits per heavy atom. The SMILES string of the molecule is C[C@]12CCCC[C@@H]1CC[C@@H]1[C@@H]2CC[C@]2(C)[C@@H](C(=O)Cc3ncc[nH]3)CC[C@@H]12. The molecule has 0 amide bonds. The average Bonchev–Trinajstić information content (AvgIpc) is 3.28. The molecule has 3 heteroatoms. The molecule has 0 bridgehead atoms. The molecule has 0 radical (unpaired) electrons. The van der Waals surface area contributed by atoms with Gasteiger partial charge in [0, 0.05) is 18.3 Å². The molecule has 1 aromatic rings. The monoisotopic (exact) mass is 368 g/mol. The zero-order chi connectivity index (χ0) is 18.6. The number of hydrogen-bond donors (Lipinski definition) is 1. The first kappa shape index (κ1) is 17.9. The fraction of sp³-hybridized carbons (Fsp3) is 0.833. The molecular weight excluding hydrogens is 332 g/mol. The Morgan fingerprint density at radius 1 is 1.04 bits per heavy atom. The molecule has 7 atom stereocenters. The molecule has 148 valence electrons. The molecule has 0 saturated heterocycles. The molecule has 0 aromatic carbocycles. The summed E-state index contributed by atoms with van der Waals surface area (Å²) in [7, 11) is 0. The molecule has 4 aliphatic carbocycles. The Bertz CT molecular complexity index is 697. The lowest BCUT2D eigenvalue weighted by Crippen LogP contribution is -2.53. The van der Waals surface area contributed by atoms with E-state index < -0.39 is 0 Å². The summed E-state index contributed by atoms with van der Waals surface area (Å²) in [4.78, 5) is 20.6. The van der Waals surface area contributed by atoms with Crippen molar-refractivity contribution in [1.82, 2.24) is 9.97 Å². The van der Waals surface area contributed by atoms with Crippen LogP contribution in [0.15, 0.2) is 12.4 Å². The fourth-order valence-corrected chi connectivity index (χ4v) is 8.51. The van der Waals surface area contributed by atoms with Gasteiger partial charge >= 0.3 is 0 Å². The highest BCUT2D eigenvalue weighted by Gasteiger charge is 2.60. The highest BCUT2D eigenvalue weighted by Crippen LogP contribution is 2.67. The van der Waals surface area contributed by atoms with Crippen molar-refractivity contribution in [3.05, 3.63) is 18.2 Å². The smallest absolute Gasteiger partial charge is 0.144 e. The number of nitrogens with zero attached hydrogens (tertiary/aromatic N) is 1. The molecule has 4 saturated carbocycles. The van der Waals surface area contributed by atoms with Gasteiger partial charge in [-0.1, -0.05) is 26.7 Å². The minimum atomic E-state index is 0.239. The van der Waals surface area contributed by atoms with E-state index in [0.29, 0.717) is 17.6 Å². The number of hydrogen-bond acceptors (Lipinski definition) is 2. The summed E-state index contributed by atoms with van der Waals surface area (Å²) < 4.78 is 0. The minimum absolute atomic E-state index is 0.239. The van der Waals surface area contributed by atoms with E-state index in [2.05, 4.69) is 23.8 Å². The van der Waals surface area contributed by atoms with Crippen LogP contribution in [-0.2, 0) is 11.2 Å². The summed E-state index contributed by atoms with van der Waals surface area (Å²) in [5, 5.41) is 0. The van der Waals surface area contributed by atoms with Crippen molar-refractivity contribution in [2.24, 2.45) is 40.4 Å². The molecular formula is C24H36N2O. The number of rotatable bonds is 3. The third-order valence-corrected chi connectivity index (χ3v) is 9.87. The molecule has 0 spiro atoms. The highest BCUT2D eigenvalue weighted by atomic mass is 16.1. The lowest BCUT2D eigenvalue weighted by atomic mass is 9.45. The van der Waals surface area contributed by atoms with E-state index >= 15 is 0 Å². The zero-order valence-electron chi connectivity index (χ0n) is 17.2. The summed E-state index contributed by atoms with van der Waals surface area (Å²) in [6, 6.07) is 0. The Balaban J connectivity index is 1.37. The summed E-state index contributed by atoms with van der Waals surface area (Å²) in [6.07, 6.45) is 17.9. The van der Waals surface area contributed by atoms with Gasteiger partial charge in [0.2, 0.25) is 0 Å². The van der Waals surface area contributed by atoms with Crippen LogP contribution in [0.5, 0.6) is 0 Å². The van der Waals surface area contributed by atoms with E-state index in [1.165, 1.54) is 57.8 Å². The first-order chi connectivity index (χ1) is 13.0. The average molecular weight is 369 g/mol. The number of Topliss-reactive ketones (excluding diaryl/α,β-unsaturated/α-hetero) is 1. The number of nitrogens with one attached hydrogen (secondary N) is 1. The molecule has 3 nitrogen and oxygen atoms in total. The van der Waals surface area contributed by atoms with Crippen molar-refractivity contribution in [1.29, 1.82) is 0 Å². The quantitative estimate of drug-likeness (QED) is 0.758. The normalized spacial score (nSPS) is 46.4. The molecule has 1 aromatic heterocycles. The van der Waals surface area contributed by atoms with Gasteiger partial charge in [-0.2, -0.15) is 0 Å². The number of ketones is 1. The number of carbonyl (C=O) groups is 1. The van der Waals surface area contributed by atoms with Crippen molar-refractivity contribution in [3.63, 3.8) is 0 Å². The van der Waals surface area contributed by atoms with Crippen LogP contribution in [0.3, 0.4) is 0 Å². The number of aromatic nitrogens is 2. The van der Waals surface area contributed by atoms with Gasteiger partial charge in [0.1, 0.15) is 11.6 Å². The second-order valence-electron chi connectivity index (χ2n) is 10.8. The third-order valence-electron chi connectivity index (χ3n) is 9.87. The molecule has 5 rings (SSSR count). The van der Waals surface area contributed by atoms with Crippen molar-refractivity contribution in [2.45, 2.75) is 84.5 Å². The maximum atomic E-state index is 13.2. The van der Waals surface area contributed by atoms with Gasteiger partial charge in [-0.15, -0.1) is 0 Å². The van der Waals surface area contributed by atoms with Gasteiger partial charge in [-0.3, -0.25) is 4.79 Å². The Labute approximate surface area is 164 Å². The molecule has 4 fully saturated rings. The van der Waals surface area contributed by atoms with Crippen LogP contribution in [-0.4, -0.2) is 15.8 Å². The van der Waals surface area contributed by atoms with Gasteiger partial charge < -0.3 is 4.98 Å². The van der Waals surface area contributed by atoms with Crippen LogP contribution in [0.25, 0.3) is 0 Å². The minimum Gasteiger partial charge on any atom is -0.348 e. The van der Waals surface area contributed by atoms with Crippen LogP contribution < -0.4 is 0 Å². The second kappa shape index (κ2) is 6.46. The standard InChI is InChI=1S/C24H36N2O/c1-23-11-4-3-5-16(23)6-7-17-18-8-9-20(24(18,2)12-10-19(17)23)21(27)15-22-25-13-14-26-22/h13-14,16-20H,3-12,15H2,1-2H3,(H,25,26)/t16-,17+,18+,19+,20-,23+,24+/m1/s1. The first-order valence-corrected chi connectivity index (χ1v) is 11.5. The first-order valence-electron chi connectivity index (χ1n) is 11.5. The van der Waals surface area contributed by atoms with Crippen LogP contribution >= 0.6 is 0 Å². The van der Waals surface area contributed by atoms with Gasteiger partial charge in [0.25, 0.3) is 0 Å². The summed E-state index contributed by atoms with van der Waals surface area (Å²) in [5.41, 5.74) is 0.835. The molecule has 4 aliphatic rings. The Kier molecular flexibility index (Phi) is 4.29. The lowest BCUT2D eigenvalue weighted by molar-refractivity contribution is -0.134. The molecule has 1 N–H and O–H groups in total. The molecule has 0 aliphatic heterocycles. The molecule has 0 unspecified atom stereocenters. The molecule has 1 heterocycles. The number of carbonyl (C=O) groups excluding carboxylic acids is 1. The van der Waals surface area contributed by atoms with Gasteiger partial charge in [0.05, 0.1) is 6.42 Å². The summed E-state index contributed by atoms with van der Waals surface area (Å²) in [6.45, 7) is 5.12. The summed E-state index contributed by atoms with van der Waals surface area (Å²) >= 11 is 0. The van der Waals surface area contributed by atoms with Crippen molar-refractivity contribution >= 4 is 5.78 Å². The number of fused-ring (bicyclic) bond motifs is 5. The van der Waals surface area contributed by atoms with Gasteiger partial charge in [0.15, 0.2) is 0 Å². The largest absolute Gasteiger partial charge is 0.348 e. The maximum Gasteiger partial charge on any atom is 0.144 e. The highest BCUT2D eigenvalue weighted by molar-refractivity contribution is 5.83. The Hall–Kier alpha value is -1.12. The van der Waals surface area contributed by atoms with E-state index in [1.807, 2.05) is 6.20 Å². The van der Waals surface area contributed by atoms with E-state index in [0.717, 1.165) is 35.9 Å². The Morgan fingerprint density at radius 2 is 1.89 bits per heavy atom. The summed E-state index contributed by atoms with van der Waals surface area (Å²) in [5.74, 6) is 5.10. The van der Waals surface area contributed by atoms with E-state index in [-0.39, 0.29) is 11.3 Å².